The summed E-state index contributed by atoms with van der Waals surface area (Å²) in [5, 5.41) is -0.129. The predicted molar refractivity (Wildman–Crippen MR) is 96.2 cm³/mol. The third-order valence-corrected chi connectivity index (χ3v) is 5.18. The number of hydrazine groups is 1. The summed E-state index contributed by atoms with van der Waals surface area (Å²) in [5.74, 6) is 0.259. The summed E-state index contributed by atoms with van der Waals surface area (Å²) in [6.07, 6.45) is 0. The van der Waals surface area contributed by atoms with E-state index in [0.29, 0.717) is 5.75 Å². The molecule has 0 radical (unpaired) electrons. The molecule has 0 unspecified atom stereocenters. The molecule has 2 amide bonds. The van der Waals surface area contributed by atoms with E-state index < -0.39 is 6.04 Å². The van der Waals surface area contributed by atoms with Crippen molar-refractivity contribution in [2.75, 3.05) is 11.2 Å². The van der Waals surface area contributed by atoms with Gasteiger partial charge in [0.25, 0.3) is 5.91 Å². The van der Waals surface area contributed by atoms with Crippen LogP contribution in [0, 0.1) is 0 Å². The number of carbonyl (C=O) groups excluding carboxylic acids is 2. The van der Waals surface area contributed by atoms with Crippen LogP contribution in [-0.2, 0) is 9.59 Å². The average molecular weight is 341 g/mol. The highest BCUT2D eigenvalue weighted by Gasteiger charge is 2.40. The van der Waals surface area contributed by atoms with E-state index in [1.165, 1.54) is 6.92 Å². The normalized spacial score (nSPS) is 19.8. The first-order chi connectivity index (χ1) is 11.7. The molecular weight excluding hydrogens is 322 g/mol. The summed E-state index contributed by atoms with van der Waals surface area (Å²) < 4.78 is 0. The van der Waals surface area contributed by atoms with Crippen LogP contribution in [0.25, 0.3) is 0 Å². The molecule has 2 aromatic rings. The molecule has 3 rings (SSSR count). The summed E-state index contributed by atoms with van der Waals surface area (Å²) in [4.78, 5) is 26.3. The second kappa shape index (κ2) is 7.40. The van der Waals surface area contributed by atoms with E-state index in [1.807, 2.05) is 60.7 Å². The van der Waals surface area contributed by atoms with Crippen molar-refractivity contribution in [1.82, 2.24) is 10.3 Å². The van der Waals surface area contributed by atoms with Crippen LogP contribution in [0.5, 0.6) is 0 Å². The van der Waals surface area contributed by atoms with Gasteiger partial charge in [-0.3, -0.25) is 20.4 Å². The molecule has 0 aromatic heterocycles. The topological polar surface area (TPSA) is 61.4 Å². The van der Waals surface area contributed by atoms with E-state index >= 15 is 0 Å². The van der Waals surface area contributed by atoms with Crippen LogP contribution in [0.1, 0.15) is 17.9 Å². The van der Waals surface area contributed by atoms with Gasteiger partial charge in [-0.15, -0.1) is 11.8 Å². The SMILES string of the molecule is CC(=O)N1[C@@H](C(=O)NNc2ccccc2)CS[C@H]1c1ccccc1. The lowest BCUT2D eigenvalue weighted by Crippen LogP contribution is -2.48. The molecule has 0 bridgehead atoms. The van der Waals surface area contributed by atoms with Crippen molar-refractivity contribution in [3.05, 3.63) is 66.2 Å². The van der Waals surface area contributed by atoms with Crippen molar-refractivity contribution in [3.8, 4) is 0 Å². The van der Waals surface area contributed by atoms with Crippen molar-refractivity contribution in [1.29, 1.82) is 0 Å². The van der Waals surface area contributed by atoms with Crippen LogP contribution >= 0.6 is 11.8 Å². The third-order valence-electron chi connectivity index (χ3n) is 3.86. The molecule has 124 valence electrons. The van der Waals surface area contributed by atoms with E-state index in [1.54, 1.807) is 16.7 Å². The number of hydrogen-bond acceptors (Lipinski definition) is 4. The Balaban J connectivity index is 1.70. The molecule has 1 aliphatic rings. The number of amides is 2. The minimum atomic E-state index is -0.492. The fraction of sp³-hybridized carbons (Fsp3) is 0.222. The minimum absolute atomic E-state index is 0.103. The van der Waals surface area contributed by atoms with Crippen LogP contribution in [0.3, 0.4) is 0 Å². The van der Waals surface area contributed by atoms with Crippen LogP contribution in [0.4, 0.5) is 5.69 Å². The van der Waals surface area contributed by atoms with Gasteiger partial charge in [0, 0.05) is 12.7 Å². The van der Waals surface area contributed by atoms with E-state index in [2.05, 4.69) is 10.9 Å². The average Bonchev–Trinajstić information content (AvgIpc) is 3.07. The number of thioether (sulfide) groups is 1. The van der Waals surface area contributed by atoms with Gasteiger partial charge in [-0.25, -0.2) is 0 Å². The van der Waals surface area contributed by atoms with Crippen molar-refractivity contribution in [2.24, 2.45) is 0 Å². The fourth-order valence-electron chi connectivity index (χ4n) is 2.71. The standard InChI is InChI=1S/C18H19N3O2S/c1-13(22)21-16(12-24-18(21)14-8-4-2-5-9-14)17(23)20-19-15-10-6-3-7-11-15/h2-11,16,18-19H,12H2,1H3,(H,20,23)/t16-,18+/m1/s1. The molecule has 1 fully saturated rings. The van der Waals surface area contributed by atoms with Gasteiger partial charge < -0.3 is 4.90 Å². The van der Waals surface area contributed by atoms with Gasteiger partial charge in [-0.05, 0) is 17.7 Å². The zero-order valence-corrected chi connectivity index (χ0v) is 14.1. The van der Waals surface area contributed by atoms with Gasteiger partial charge in [0.05, 0.1) is 5.69 Å². The minimum Gasteiger partial charge on any atom is -0.314 e. The lowest BCUT2D eigenvalue weighted by molar-refractivity contribution is -0.138. The highest BCUT2D eigenvalue weighted by molar-refractivity contribution is 7.99. The van der Waals surface area contributed by atoms with E-state index in [9.17, 15) is 9.59 Å². The van der Waals surface area contributed by atoms with Gasteiger partial charge in [-0.2, -0.15) is 0 Å². The zero-order chi connectivity index (χ0) is 16.9. The fourth-order valence-corrected chi connectivity index (χ4v) is 4.19. The molecule has 2 N–H and O–H groups in total. The first-order valence-corrected chi connectivity index (χ1v) is 8.78. The summed E-state index contributed by atoms with van der Waals surface area (Å²) in [5.41, 5.74) is 7.42. The molecule has 1 saturated heterocycles. The summed E-state index contributed by atoms with van der Waals surface area (Å²) >= 11 is 1.61. The summed E-state index contributed by atoms with van der Waals surface area (Å²) in [6.45, 7) is 1.51. The first kappa shape index (κ1) is 16.4. The van der Waals surface area contributed by atoms with Crippen LogP contribution in [0.15, 0.2) is 60.7 Å². The maximum atomic E-state index is 12.5. The number of nitrogens with one attached hydrogen (secondary N) is 2. The first-order valence-electron chi connectivity index (χ1n) is 7.73. The van der Waals surface area contributed by atoms with E-state index in [4.69, 9.17) is 0 Å². The Hall–Kier alpha value is -2.47. The molecule has 0 aliphatic carbocycles. The van der Waals surface area contributed by atoms with Crippen molar-refractivity contribution in [2.45, 2.75) is 18.3 Å². The monoisotopic (exact) mass is 341 g/mol. The highest BCUT2D eigenvalue weighted by atomic mass is 32.2. The zero-order valence-electron chi connectivity index (χ0n) is 13.3. The van der Waals surface area contributed by atoms with Gasteiger partial charge in [0.1, 0.15) is 11.4 Å². The number of benzene rings is 2. The maximum absolute atomic E-state index is 12.5. The second-order valence-electron chi connectivity index (χ2n) is 5.52. The van der Waals surface area contributed by atoms with Crippen molar-refractivity contribution >= 4 is 29.3 Å². The Labute approximate surface area is 145 Å². The largest absolute Gasteiger partial charge is 0.314 e. The van der Waals surface area contributed by atoms with Gasteiger partial charge in [0.15, 0.2) is 0 Å². The molecule has 1 heterocycles. The number of rotatable bonds is 4. The Morgan fingerprint density at radius 2 is 1.67 bits per heavy atom. The van der Waals surface area contributed by atoms with E-state index in [0.717, 1.165) is 11.3 Å². The summed E-state index contributed by atoms with van der Waals surface area (Å²) in [6, 6.07) is 18.7. The Morgan fingerprint density at radius 1 is 1.04 bits per heavy atom. The maximum Gasteiger partial charge on any atom is 0.262 e. The molecule has 2 atom stereocenters. The Bertz CT molecular complexity index is 709. The number of para-hydroxylation sites is 1. The van der Waals surface area contributed by atoms with Gasteiger partial charge >= 0.3 is 0 Å². The lowest BCUT2D eigenvalue weighted by atomic mass is 10.1. The molecular formula is C18H19N3O2S. The highest BCUT2D eigenvalue weighted by Crippen LogP contribution is 2.41. The third kappa shape index (κ3) is 3.54. The van der Waals surface area contributed by atoms with E-state index in [-0.39, 0.29) is 17.2 Å². The quantitative estimate of drug-likeness (QED) is 0.840. The molecule has 24 heavy (non-hydrogen) atoms. The summed E-state index contributed by atoms with van der Waals surface area (Å²) in [7, 11) is 0. The Kier molecular flexibility index (Phi) is 5.05. The lowest BCUT2D eigenvalue weighted by Gasteiger charge is -2.28. The van der Waals surface area contributed by atoms with Gasteiger partial charge in [-0.1, -0.05) is 48.5 Å². The Morgan fingerprint density at radius 3 is 2.29 bits per heavy atom. The molecule has 5 nitrogen and oxygen atoms in total. The van der Waals surface area contributed by atoms with Crippen LogP contribution in [-0.4, -0.2) is 28.5 Å². The molecule has 6 heteroatoms. The van der Waals surface area contributed by atoms with Crippen molar-refractivity contribution in [3.63, 3.8) is 0 Å². The predicted octanol–water partition coefficient (Wildman–Crippen LogP) is 2.79. The molecule has 2 aromatic carbocycles. The molecule has 1 aliphatic heterocycles. The van der Waals surface area contributed by atoms with Crippen LogP contribution in [0.2, 0.25) is 0 Å². The molecule has 0 spiro atoms. The smallest absolute Gasteiger partial charge is 0.262 e. The molecule has 0 saturated carbocycles. The number of hydrogen-bond donors (Lipinski definition) is 2. The number of nitrogens with zero attached hydrogens (tertiary/aromatic N) is 1. The number of carbonyl (C=O) groups is 2. The number of anilines is 1. The second-order valence-corrected chi connectivity index (χ2v) is 6.63. The van der Waals surface area contributed by atoms with Gasteiger partial charge in [0.2, 0.25) is 5.91 Å². The van der Waals surface area contributed by atoms with Crippen molar-refractivity contribution < 1.29 is 9.59 Å². The van der Waals surface area contributed by atoms with Crippen LogP contribution < -0.4 is 10.9 Å².